The van der Waals surface area contributed by atoms with Gasteiger partial charge in [-0.05, 0) is 151 Å². The summed E-state index contributed by atoms with van der Waals surface area (Å²) in [6.45, 7) is 20.7. The standard InChI is InChI=1S/C65H60N2/c1-40(2)44-18-14-20-53(35-44)66-59-37-46(55-22-12-10-16-42(55)5)24-26-48(59)32-49-27-25-47(56-23-13-11-17-43(56)6)38-60(49)67(54-21-15-19-45(36-54)41(3)4)62-39-61(66)57-30-28-50-33-52(65(7,8)9)34-51-29-31-58(62)64(57)63(50)51/h10-31,33-41H,32H2,1-9H3. The summed E-state index contributed by atoms with van der Waals surface area (Å²) >= 11 is 0. The molecule has 330 valence electrons. The predicted octanol–water partition coefficient (Wildman–Crippen LogP) is 18.9. The third-order valence-electron chi connectivity index (χ3n) is 14.6. The highest BCUT2D eigenvalue weighted by molar-refractivity contribution is 6.29. The summed E-state index contributed by atoms with van der Waals surface area (Å²) in [6, 6.07) is 67.7. The molecule has 2 bridgehead atoms. The molecule has 0 fully saturated rings. The minimum Gasteiger partial charge on any atom is -0.309 e. The lowest BCUT2D eigenvalue weighted by Gasteiger charge is -2.36. The maximum atomic E-state index is 2.61. The van der Waals surface area contributed by atoms with Crippen LogP contribution in [0.3, 0.4) is 0 Å². The molecule has 0 atom stereocenters. The number of fused-ring (bicyclic) bond motifs is 6. The van der Waals surface area contributed by atoms with Crippen molar-refractivity contribution >= 4 is 66.4 Å². The highest BCUT2D eigenvalue weighted by Crippen LogP contribution is 2.54. The number of nitrogens with zero attached hydrogens (tertiary/aromatic N) is 2. The summed E-state index contributed by atoms with van der Waals surface area (Å²) in [7, 11) is 0. The molecule has 0 saturated heterocycles. The fourth-order valence-electron chi connectivity index (χ4n) is 10.7. The van der Waals surface area contributed by atoms with Gasteiger partial charge in [-0.2, -0.15) is 0 Å². The van der Waals surface area contributed by atoms with Crippen LogP contribution in [0.4, 0.5) is 34.1 Å². The van der Waals surface area contributed by atoms with Crippen molar-refractivity contribution < 1.29 is 0 Å². The van der Waals surface area contributed by atoms with E-state index in [1.807, 2.05) is 0 Å². The third-order valence-corrected chi connectivity index (χ3v) is 14.6. The van der Waals surface area contributed by atoms with Crippen LogP contribution in [0.1, 0.15) is 99.2 Å². The molecule has 1 aliphatic heterocycles. The number of rotatable bonds is 6. The number of anilines is 6. The number of hydrogen-bond donors (Lipinski definition) is 0. The lowest BCUT2D eigenvalue weighted by Crippen LogP contribution is -2.19. The number of aryl methyl sites for hydroxylation is 2. The second-order valence-corrected chi connectivity index (χ2v) is 20.7. The molecule has 0 unspecified atom stereocenters. The van der Waals surface area contributed by atoms with Crippen molar-refractivity contribution in [3.8, 4) is 22.3 Å². The molecule has 2 heteroatoms. The molecule has 11 rings (SSSR count). The van der Waals surface area contributed by atoms with Gasteiger partial charge in [0.25, 0.3) is 0 Å². The van der Waals surface area contributed by atoms with Gasteiger partial charge in [-0.25, -0.2) is 0 Å². The van der Waals surface area contributed by atoms with Crippen molar-refractivity contribution in [3.05, 3.63) is 215 Å². The van der Waals surface area contributed by atoms with Gasteiger partial charge in [0.1, 0.15) is 0 Å². The van der Waals surface area contributed by atoms with E-state index in [1.165, 1.54) is 116 Å². The molecule has 67 heavy (non-hydrogen) atoms. The Hall–Kier alpha value is -7.16. The quantitative estimate of drug-likeness (QED) is 0.154. The van der Waals surface area contributed by atoms with E-state index in [0.29, 0.717) is 11.8 Å². The van der Waals surface area contributed by atoms with Crippen LogP contribution in [0.2, 0.25) is 0 Å². The maximum Gasteiger partial charge on any atom is 0.0561 e. The molecule has 1 aliphatic rings. The fraction of sp³-hybridized carbons (Fsp3) is 0.200. The molecule has 0 spiro atoms. The second kappa shape index (κ2) is 16.3. The first-order chi connectivity index (χ1) is 32.3. The van der Waals surface area contributed by atoms with Crippen LogP contribution in [0.25, 0.3) is 54.6 Å². The van der Waals surface area contributed by atoms with E-state index in [4.69, 9.17) is 0 Å². The van der Waals surface area contributed by atoms with Crippen LogP contribution < -0.4 is 9.80 Å². The summed E-state index contributed by atoms with van der Waals surface area (Å²) in [5.74, 6) is 0.732. The molecule has 0 radical (unpaired) electrons. The summed E-state index contributed by atoms with van der Waals surface area (Å²) in [5, 5.41) is 7.66. The Bertz CT molecular complexity index is 3310. The van der Waals surface area contributed by atoms with Crippen molar-refractivity contribution in [2.75, 3.05) is 9.80 Å². The van der Waals surface area contributed by atoms with Crippen LogP contribution in [0, 0.1) is 13.8 Å². The summed E-state index contributed by atoms with van der Waals surface area (Å²) in [6.07, 6.45) is 0.740. The smallest absolute Gasteiger partial charge is 0.0561 e. The van der Waals surface area contributed by atoms with E-state index in [9.17, 15) is 0 Å². The fourth-order valence-corrected chi connectivity index (χ4v) is 10.7. The zero-order valence-electron chi connectivity index (χ0n) is 40.5. The normalized spacial score (nSPS) is 13.0. The van der Waals surface area contributed by atoms with Gasteiger partial charge in [-0.3, -0.25) is 0 Å². The van der Waals surface area contributed by atoms with Crippen molar-refractivity contribution in [1.82, 2.24) is 0 Å². The van der Waals surface area contributed by atoms with E-state index in [-0.39, 0.29) is 5.41 Å². The topological polar surface area (TPSA) is 6.48 Å². The molecule has 0 saturated carbocycles. The van der Waals surface area contributed by atoms with Gasteiger partial charge < -0.3 is 9.80 Å². The highest BCUT2D eigenvalue weighted by Gasteiger charge is 2.30. The van der Waals surface area contributed by atoms with Crippen LogP contribution >= 0.6 is 0 Å². The molecule has 10 aromatic rings. The van der Waals surface area contributed by atoms with Crippen molar-refractivity contribution in [1.29, 1.82) is 0 Å². The first-order valence-electron chi connectivity index (χ1n) is 24.3. The van der Waals surface area contributed by atoms with E-state index in [1.54, 1.807) is 0 Å². The Labute approximate surface area is 397 Å². The molecule has 1 heterocycles. The molecule has 0 aliphatic carbocycles. The Morgan fingerprint density at radius 1 is 0.418 bits per heavy atom. The van der Waals surface area contributed by atoms with E-state index in [2.05, 4.69) is 248 Å². The lowest BCUT2D eigenvalue weighted by molar-refractivity contribution is 0.591. The lowest BCUT2D eigenvalue weighted by atomic mass is 9.83. The van der Waals surface area contributed by atoms with E-state index in [0.717, 1.165) is 17.8 Å². The minimum absolute atomic E-state index is 0.00524. The van der Waals surface area contributed by atoms with Gasteiger partial charge in [-0.15, -0.1) is 0 Å². The maximum absolute atomic E-state index is 2.61. The Balaban J connectivity index is 1.34. The second-order valence-electron chi connectivity index (χ2n) is 20.7. The van der Waals surface area contributed by atoms with Gasteiger partial charge >= 0.3 is 0 Å². The molecule has 2 nitrogen and oxygen atoms in total. The number of benzene rings is 10. The Morgan fingerprint density at radius 2 is 0.881 bits per heavy atom. The van der Waals surface area contributed by atoms with Crippen molar-refractivity contribution in [2.24, 2.45) is 0 Å². The highest BCUT2D eigenvalue weighted by atomic mass is 15.2. The zero-order valence-corrected chi connectivity index (χ0v) is 40.5. The van der Waals surface area contributed by atoms with Crippen molar-refractivity contribution in [2.45, 2.75) is 86.0 Å². The minimum atomic E-state index is 0.00524. The van der Waals surface area contributed by atoms with E-state index < -0.39 is 0 Å². The molecule has 10 aromatic carbocycles. The van der Waals surface area contributed by atoms with Crippen LogP contribution in [0.5, 0.6) is 0 Å². The molecule has 0 amide bonds. The Morgan fingerprint density at radius 3 is 1.31 bits per heavy atom. The predicted molar refractivity (Wildman–Crippen MR) is 290 cm³/mol. The Kier molecular flexibility index (Phi) is 10.3. The van der Waals surface area contributed by atoms with Crippen LogP contribution in [-0.2, 0) is 11.8 Å². The summed E-state index contributed by atoms with van der Waals surface area (Å²) in [4.78, 5) is 5.21. The summed E-state index contributed by atoms with van der Waals surface area (Å²) < 4.78 is 0. The summed E-state index contributed by atoms with van der Waals surface area (Å²) in [5.41, 5.74) is 21.1. The SMILES string of the molecule is Cc1ccccc1-c1ccc2c(c1)N(c1cccc(C(C)C)c1)c1cc(c3ccc4cc(C(C)(C)C)cc5ccc1c3c54)N(c1cccc(C(C)C)c1)c1cc(-c3ccccc3C)ccc1C2. The third kappa shape index (κ3) is 7.35. The zero-order chi connectivity index (χ0) is 46.3. The van der Waals surface area contributed by atoms with Gasteiger partial charge in [0.2, 0.25) is 0 Å². The first kappa shape index (κ1) is 42.5. The van der Waals surface area contributed by atoms with Crippen LogP contribution in [0.15, 0.2) is 176 Å². The molecular formula is C65H60N2. The number of hydrogen-bond acceptors (Lipinski definition) is 2. The van der Waals surface area contributed by atoms with Gasteiger partial charge in [0, 0.05) is 34.0 Å². The van der Waals surface area contributed by atoms with E-state index >= 15 is 0 Å². The van der Waals surface area contributed by atoms with Crippen LogP contribution in [-0.4, -0.2) is 0 Å². The first-order valence-corrected chi connectivity index (χ1v) is 24.3. The average molecular weight is 869 g/mol. The molecular weight excluding hydrogens is 809 g/mol. The van der Waals surface area contributed by atoms with Gasteiger partial charge in [0.15, 0.2) is 0 Å². The van der Waals surface area contributed by atoms with Crippen molar-refractivity contribution in [3.63, 3.8) is 0 Å². The average Bonchev–Trinajstić information content (AvgIpc) is 3.32. The molecule has 0 aromatic heterocycles. The van der Waals surface area contributed by atoms with Gasteiger partial charge in [-0.1, -0.05) is 182 Å². The molecule has 0 N–H and O–H groups in total. The van der Waals surface area contributed by atoms with Gasteiger partial charge in [0.05, 0.1) is 22.7 Å². The monoisotopic (exact) mass is 868 g/mol. The largest absolute Gasteiger partial charge is 0.309 e.